The highest BCUT2D eigenvalue weighted by molar-refractivity contribution is 9.10. The van der Waals surface area contributed by atoms with Gasteiger partial charge in [0.1, 0.15) is 0 Å². The molecule has 112 valence electrons. The van der Waals surface area contributed by atoms with Crippen molar-refractivity contribution in [2.45, 2.75) is 17.4 Å². The molecule has 0 radical (unpaired) electrons. The van der Waals surface area contributed by atoms with Crippen LogP contribution >= 0.6 is 50.9 Å². The summed E-state index contributed by atoms with van der Waals surface area (Å²) in [5, 5.41) is 1.40. The summed E-state index contributed by atoms with van der Waals surface area (Å²) in [5.74, 6) is 6.50. The molecule has 0 aliphatic heterocycles. The quantitative estimate of drug-likeness (QED) is 0.406. The molecule has 2 aromatic rings. The van der Waals surface area contributed by atoms with Gasteiger partial charge in [-0.25, -0.2) is 0 Å². The molecule has 0 aromatic heterocycles. The number of nitrogens with two attached hydrogens (primary N) is 1. The zero-order valence-corrected chi connectivity index (χ0v) is 15.1. The third kappa shape index (κ3) is 5.47. The van der Waals surface area contributed by atoms with Crippen molar-refractivity contribution >= 4 is 50.9 Å². The van der Waals surface area contributed by atoms with Gasteiger partial charge in [0.05, 0.1) is 0 Å². The van der Waals surface area contributed by atoms with Crippen molar-refractivity contribution in [1.82, 2.24) is 5.43 Å². The fraction of sp³-hybridized carbons (Fsp3) is 0.200. The molecule has 0 bridgehead atoms. The van der Waals surface area contributed by atoms with Crippen molar-refractivity contribution in [2.24, 2.45) is 5.84 Å². The van der Waals surface area contributed by atoms with Gasteiger partial charge in [-0.15, -0.1) is 11.8 Å². The minimum Gasteiger partial charge on any atom is -0.271 e. The van der Waals surface area contributed by atoms with E-state index in [1.807, 2.05) is 24.3 Å². The third-order valence-corrected chi connectivity index (χ3v) is 5.28. The number of halogens is 3. The Morgan fingerprint density at radius 3 is 2.52 bits per heavy atom. The van der Waals surface area contributed by atoms with Crippen LogP contribution in [0, 0.1) is 0 Å². The molecule has 0 aliphatic carbocycles. The summed E-state index contributed by atoms with van der Waals surface area (Å²) in [7, 11) is 0. The van der Waals surface area contributed by atoms with Crippen LogP contribution in [0.2, 0.25) is 10.0 Å². The van der Waals surface area contributed by atoms with E-state index < -0.39 is 0 Å². The molecule has 1 atom stereocenters. The van der Waals surface area contributed by atoms with Gasteiger partial charge in [-0.3, -0.25) is 11.3 Å². The lowest BCUT2D eigenvalue weighted by Gasteiger charge is -2.16. The van der Waals surface area contributed by atoms with Gasteiger partial charge in [0.2, 0.25) is 0 Å². The molecule has 0 spiro atoms. The van der Waals surface area contributed by atoms with Gasteiger partial charge in [0.15, 0.2) is 0 Å². The summed E-state index contributed by atoms with van der Waals surface area (Å²) in [6, 6.07) is 13.8. The number of rotatable bonds is 6. The molecule has 6 heteroatoms. The number of benzene rings is 2. The average Bonchev–Trinajstić information content (AvgIpc) is 2.48. The van der Waals surface area contributed by atoms with E-state index in [2.05, 4.69) is 33.5 Å². The Morgan fingerprint density at radius 1 is 1.14 bits per heavy atom. The van der Waals surface area contributed by atoms with Crippen molar-refractivity contribution in [2.75, 3.05) is 5.75 Å². The van der Waals surface area contributed by atoms with E-state index in [-0.39, 0.29) is 6.04 Å². The highest BCUT2D eigenvalue weighted by Crippen LogP contribution is 2.25. The van der Waals surface area contributed by atoms with Gasteiger partial charge in [-0.05, 0) is 54.4 Å². The van der Waals surface area contributed by atoms with E-state index in [0.717, 1.165) is 22.2 Å². The predicted octanol–water partition coefficient (Wildman–Crippen LogP) is 4.92. The fourth-order valence-electron chi connectivity index (χ4n) is 1.86. The topological polar surface area (TPSA) is 38.0 Å². The number of nitrogens with one attached hydrogen (secondary N) is 1. The molecular formula is C15H15BrCl2N2S. The molecule has 0 heterocycles. The summed E-state index contributed by atoms with van der Waals surface area (Å²) < 4.78 is 1.08. The zero-order valence-electron chi connectivity index (χ0n) is 11.2. The SMILES string of the molecule is NNC(CSc1ccc(Br)cc1)Cc1cc(Cl)ccc1Cl. The van der Waals surface area contributed by atoms with Crippen molar-refractivity contribution in [3.8, 4) is 0 Å². The van der Waals surface area contributed by atoms with E-state index in [1.54, 1.807) is 17.8 Å². The molecule has 0 aliphatic rings. The number of thioether (sulfide) groups is 1. The summed E-state index contributed by atoms with van der Waals surface area (Å²) >= 11 is 17.4. The molecule has 0 amide bonds. The van der Waals surface area contributed by atoms with Crippen LogP contribution < -0.4 is 11.3 Å². The minimum absolute atomic E-state index is 0.120. The largest absolute Gasteiger partial charge is 0.271 e. The molecule has 1 unspecified atom stereocenters. The van der Waals surface area contributed by atoms with Gasteiger partial charge >= 0.3 is 0 Å². The van der Waals surface area contributed by atoms with E-state index in [0.29, 0.717) is 10.0 Å². The van der Waals surface area contributed by atoms with Crippen molar-refractivity contribution in [3.05, 3.63) is 62.5 Å². The predicted molar refractivity (Wildman–Crippen MR) is 96.1 cm³/mol. The lowest BCUT2D eigenvalue weighted by atomic mass is 10.1. The van der Waals surface area contributed by atoms with Crippen LogP contribution in [-0.4, -0.2) is 11.8 Å². The first-order valence-electron chi connectivity index (χ1n) is 6.37. The zero-order chi connectivity index (χ0) is 15.2. The Bertz CT molecular complexity index is 593. The minimum atomic E-state index is 0.120. The van der Waals surface area contributed by atoms with Crippen molar-refractivity contribution < 1.29 is 0 Å². The Labute approximate surface area is 147 Å². The van der Waals surface area contributed by atoms with Gasteiger partial charge < -0.3 is 0 Å². The Balaban J connectivity index is 1.96. The number of hydrazine groups is 1. The molecule has 2 nitrogen and oxygen atoms in total. The maximum absolute atomic E-state index is 6.19. The smallest absolute Gasteiger partial charge is 0.0439 e. The highest BCUT2D eigenvalue weighted by atomic mass is 79.9. The Hall–Kier alpha value is -0.230. The highest BCUT2D eigenvalue weighted by Gasteiger charge is 2.11. The van der Waals surface area contributed by atoms with Gasteiger partial charge in [-0.2, -0.15) is 0 Å². The molecule has 2 aromatic carbocycles. The van der Waals surface area contributed by atoms with Gasteiger partial charge in [0, 0.05) is 31.2 Å². The summed E-state index contributed by atoms with van der Waals surface area (Å²) in [6.45, 7) is 0. The molecule has 0 saturated carbocycles. The number of hydrogen-bond donors (Lipinski definition) is 2. The second kappa shape index (κ2) is 8.42. The van der Waals surface area contributed by atoms with Crippen LogP contribution in [0.25, 0.3) is 0 Å². The van der Waals surface area contributed by atoms with Crippen LogP contribution in [0.1, 0.15) is 5.56 Å². The van der Waals surface area contributed by atoms with E-state index in [1.165, 1.54) is 4.90 Å². The van der Waals surface area contributed by atoms with Crippen LogP contribution in [0.15, 0.2) is 51.8 Å². The normalized spacial score (nSPS) is 12.4. The molecule has 0 fully saturated rings. The monoisotopic (exact) mass is 404 g/mol. The molecular weight excluding hydrogens is 391 g/mol. The summed E-state index contributed by atoms with van der Waals surface area (Å²) in [4.78, 5) is 1.20. The first-order chi connectivity index (χ1) is 10.1. The van der Waals surface area contributed by atoms with Crippen LogP contribution in [0.4, 0.5) is 0 Å². The van der Waals surface area contributed by atoms with Crippen molar-refractivity contribution in [3.63, 3.8) is 0 Å². The van der Waals surface area contributed by atoms with Crippen molar-refractivity contribution in [1.29, 1.82) is 0 Å². The van der Waals surface area contributed by atoms with Crippen LogP contribution in [-0.2, 0) is 6.42 Å². The third-order valence-electron chi connectivity index (χ3n) is 2.97. The molecule has 21 heavy (non-hydrogen) atoms. The molecule has 2 rings (SSSR count). The standard InChI is InChI=1S/C15H15BrCl2N2S/c16-11-1-4-14(5-2-11)21-9-13(20-19)8-10-7-12(17)3-6-15(10)18/h1-7,13,20H,8-9,19H2. The maximum atomic E-state index is 6.19. The first-order valence-corrected chi connectivity index (χ1v) is 8.90. The van der Waals surface area contributed by atoms with E-state index >= 15 is 0 Å². The van der Waals surface area contributed by atoms with Crippen LogP contribution in [0.5, 0.6) is 0 Å². The summed E-state index contributed by atoms with van der Waals surface area (Å²) in [5.41, 5.74) is 3.85. The second-order valence-corrected chi connectivity index (χ2v) is 7.42. The fourth-order valence-corrected chi connectivity index (χ4v) is 3.45. The Morgan fingerprint density at radius 2 is 1.86 bits per heavy atom. The van der Waals surface area contributed by atoms with Gasteiger partial charge in [-0.1, -0.05) is 39.1 Å². The average molecular weight is 406 g/mol. The maximum Gasteiger partial charge on any atom is 0.0439 e. The van der Waals surface area contributed by atoms with E-state index in [9.17, 15) is 0 Å². The lowest BCUT2D eigenvalue weighted by molar-refractivity contribution is 0.575. The molecule has 3 N–H and O–H groups in total. The number of hydrogen-bond acceptors (Lipinski definition) is 3. The second-order valence-electron chi connectivity index (χ2n) is 4.57. The summed E-state index contributed by atoms with van der Waals surface area (Å²) in [6.07, 6.45) is 0.736. The van der Waals surface area contributed by atoms with E-state index in [4.69, 9.17) is 29.0 Å². The first kappa shape index (κ1) is 17.1. The Kier molecular flexibility index (Phi) is 6.86. The van der Waals surface area contributed by atoms with Crippen LogP contribution in [0.3, 0.4) is 0 Å². The lowest BCUT2D eigenvalue weighted by Crippen LogP contribution is -2.38. The van der Waals surface area contributed by atoms with Gasteiger partial charge in [0.25, 0.3) is 0 Å². The molecule has 0 saturated heterocycles.